The zero-order valence-corrected chi connectivity index (χ0v) is 20.4. The molecular formula is C27H30N6O2. The monoisotopic (exact) mass is 470 g/mol. The molecule has 180 valence electrons. The number of benzene rings is 1. The van der Waals surface area contributed by atoms with E-state index in [1.807, 2.05) is 53.2 Å². The lowest BCUT2D eigenvalue weighted by Gasteiger charge is -2.32. The average Bonchev–Trinajstić information content (AvgIpc) is 3.31. The van der Waals surface area contributed by atoms with Crippen LogP contribution in [0.25, 0.3) is 16.9 Å². The molecule has 3 aromatic heterocycles. The van der Waals surface area contributed by atoms with Crippen LogP contribution in [0.1, 0.15) is 21.6 Å². The summed E-state index contributed by atoms with van der Waals surface area (Å²) in [5, 5.41) is 3.00. The van der Waals surface area contributed by atoms with Crippen molar-refractivity contribution in [2.75, 3.05) is 45.7 Å². The van der Waals surface area contributed by atoms with E-state index < -0.39 is 0 Å². The number of methoxy groups -OCH3 is 1. The summed E-state index contributed by atoms with van der Waals surface area (Å²) >= 11 is 0. The van der Waals surface area contributed by atoms with Crippen LogP contribution in [0.15, 0.2) is 61.1 Å². The number of imidazole rings is 1. The Morgan fingerprint density at radius 2 is 1.89 bits per heavy atom. The molecule has 0 radical (unpaired) electrons. The number of carbonyl (C=O) groups is 1. The quantitative estimate of drug-likeness (QED) is 0.463. The van der Waals surface area contributed by atoms with E-state index >= 15 is 0 Å². The van der Waals surface area contributed by atoms with Gasteiger partial charge in [-0.15, -0.1) is 0 Å². The number of aryl methyl sites for hydroxylation is 1. The summed E-state index contributed by atoms with van der Waals surface area (Å²) in [5.74, 6) is 0.422. The first-order chi connectivity index (χ1) is 17.0. The fraction of sp³-hybridized carbons (Fsp3) is 0.296. The Hall–Kier alpha value is -3.75. The molecule has 1 aromatic carbocycles. The molecule has 1 fully saturated rings. The van der Waals surface area contributed by atoms with E-state index in [0.717, 1.165) is 54.2 Å². The number of piperazine rings is 1. The molecule has 8 nitrogen and oxygen atoms in total. The van der Waals surface area contributed by atoms with Gasteiger partial charge in [0, 0.05) is 61.9 Å². The topological polar surface area (TPSA) is 75.0 Å². The number of likely N-dealkylation sites (N-methyl/N-ethyl adjacent to an activating group) is 1. The number of anilines is 1. The Kier molecular flexibility index (Phi) is 6.48. The van der Waals surface area contributed by atoms with Crippen molar-refractivity contribution in [2.45, 2.75) is 13.5 Å². The minimum Gasteiger partial charge on any atom is -0.495 e. The first kappa shape index (κ1) is 23.0. The molecule has 4 aromatic rings. The molecule has 1 aliphatic rings. The molecule has 1 amide bonds. The molecule has 0 aliphatic carbocycles. The molecule has 8 heteroatoms. The second-order valence-electron chi connectivity index (χ2n) is 9.04. The van der Waals surface area contributed by atoms with Crippen molar-refractivity contribution < 1.29 is 9.53 Å². The lowest BCUT2D eigenvalue weighted by molar-refractivity contribution is 0.101. The lowest BCUT2D eigenvalue weighted by Crippen LogP contribution is -2.44. The third-order valence-corrected chi connectivity index (χ3v) is 6.50. The Morgan fingerprint density at radius 3 is 2.60 bits per heavy atom. The van der Waals surface area contributed by atoms with Crippen molar-refractivity contribution in [3.05, 3.63) is 77.9 Å². The molecule has 0 unspecified atom stereocenters. The van der Waals surface area contributed by atoms with Gasteiger partial charge in [0.25, 0.3) is 5.91 Å². The Bertz CT molecular complexity index is 1340. The minimum atomic E-state index is -0.229. The number of amides is 1. The molecule has 35 heavy (non-hydrogen) atoms. The van der Waals surface area contributed by atoms with Crippen molar-refractivity contribution in [1.82, 2.24) is 24.2 Å². The van der Waals surface area contributed by atoms with E-state index in [9.17, 15) is 4.79 Å². The van der Waals surface area contributed by atoms with Crippen LogP contribution < -0.4 is 10.1 Å². The summed E-state index contributed by atoms with van der Waals surface area (Å²) in [7, 11) is 3.74. The van der Waals surface area contributed by atoms with Gasteiger partial charge in [0.05, 0.1) is 19.0 Å². The summed E-state index contributed by atoms with van der Waals surface area (Å²) in [6.07, 6.45) is 5.60. The molecule has 0 saturated carbocycles. The Balaban J connectivity index is 1.33. The van der Waals surface area contributed by atoms with Gasteiger partial charge in [-0.05, 0) is 43.8 Å². The van der Waals surface area contributed by atoms with E-state index in [0.29, 0.717) is 23.7 Å². The van der Waals surface area contributed by atoms with Crippen LogP contribution in [0.4, 0.5) is 5.69 Å². The van der Waals surface area contributed by atoms with Gasteiger partial charge in [-0.1, -0.05) is 18.2 Å². The molecular weight excluding hydrogens is 440 g/mol. The predicted molar refractivity (Wildman–Crippen MR) is 137 cm³/mol. The van der Waals surface area contributed by atoms with Crippen molar-refractivity contribution >= 4 is 17.2 Å². The zero-order chi connectivity index (χ0) is 24.4. The van der Waals surface area contributed by atoms with Gasteiger partial charge in [0.2, 0.25) is 0 Å². The fourth-order valence-corrected chi connectivity index (χ4v) is 4.38. The molecule has 4 heterocycles. The highest BCUT2D eigenvalue weighted by Crippen LogP contribution is 2.24. The van der Waals surface area contributed by atoms with Crippen LogP contribution in [0.3, 0.4) is 0 Å². The van der Waals surface area contributed by atoms with Gasteiger partial charge in [0.1, 0.15) is 17.1 Å². The minimum absolute atomic E-state index is 0.229. The largest absolute Gasteiger partial charge is 0.495 e. The van der Waals surface area contributed by atoms with Gasteiger partial charge in [-0.2, -0.15) is 0 Å². The maximum Gasteiger partial charge on any atom is 0.274 e. The van der Waals surface area contributed by atoms with E-state index in [2.05, 4.69) is 40.1 Å². The maximum absolute atomic E-state index is 13.2. The van der Waals surface area contributed by atoms with Gasteiger partial charge < -0.3 is 19.4 Å². The standard InChI is InChI=1S/C27H30N6O2/c1-19-5-4-10-33-18-24(30-26(19)33)20-6-8-22(9-7-20)29-27(34)25-21(15-23(35-3)16-28-25)17-32-13-11-31(2)12-14-32/h4-10,15-16,18H,11-14,17H2,1-3H3,(H,29,34). The molecule has 1 aliphatic heterocycles. The molecule has 0 atom stereocenters. The summed E-state index contributed by atoms with van der Waals surface area (Å²) in [6.45, 7) is 6.65. The van der Waals surface area contributed by atoms with Crippen LogP contribution in [0.2, 0.25) is 0 Å². The summed E-state index contributed by atoms with van der Waals surface area (Å²) in [5.41, 5.74) is 5.95. The molecule has 0 spiro atoms. The highest BCUT2D eigenvalue weighted by Gasteiger charge is 2.20. The predicted octanol–water partition coefficient (Wildman–Crippen LogP) is 3.71. The number of hydrogen-bond acceptors (Lipinski definition) is 6. The number of carbonyl (C=O) groups excluding carboxylic acids is 1. The second-order valence-corrected chi connectivity index (χ2v) is 9.04. The highest BCUT2D eigenvalue weighted by atomic mass is 16.5. The van der Waals surface area contributed by atoms with Gasteiger partial charge >= 0.3 is 0 Å². The third kappa shape index (κ3) is 5.03. The lowest BCUT2D eigenvalue weighted by atomic mass is 10.1. The summed E-state index contributed by atoms with van der Waals surface area (Å²) in [6, 6.07) is 13.7. The third-order valence-electron chi connectivity index (χ3n) is 6.50. The summed E-state index contributed by atoms with van der Waals surface area (Å²) < 4.78 is 7.40. The van der Waals surface area contributed by atoms with Crippen molar-refractivity contribution in [3.8, 4) is 17.0 Å². The smallest absolute Gasteiger partial charge is 0.274 e. The Labute approximate surface area is 205 Å². The first-order valence-electron chi connectivity index (χ1n) is 11.8. The number of fused-ring (bicyclic) bond motifs is 1. The van der Waals surface area contributed by atoms with Gasteiger partial charge in [0.15, 0.2) is 0 Å². The van der Waals surface area contributed by atoms with Crippen LogP contribution in [0.5, 0.6) is 5.75 Å². The van der Waals surface area contributed by atoms with Crippen molar-refractivity contribution in [2.24, 2.45) is 0 Å². The number of nitrogens with one attached hydrogen (secondary N) is 1. The first-order valence-corrected chi connectivity index (χ1v) is 11.8. The van der Waals surface area contributed by atoms with E-state index in [1.54, 1.807) is 13.3 Å². The maximum atomic E-state index is 13.2. The number of aromatic nitrogens is 3. The van der Waals surface area contributed by atoms with Crippen LogP contribution >= 0.6 is 0 Å². The van der Waals surface area contributed by atoms with Crippen LogP contribution in [-0.4, -0.2) is 70.4 Å². The van der Waals surface area contributed by atoms with E-state index in [1.165, 1.54) is 0 Å². The molecule has 1 N–H and O–H groups in total. The zero-order valence-electron chi connectivity index (χ0n) is 20.4. The van der Waals surface area contributed by atoms with Crippen molar-refractivity contribution in [3.63, 3.8) is 0 Å². The van der Waals surface area contributed by atoms with Crippen LogP contribution in [0, 0.1) is 6.92 Å². The number of ether oxygens (including phenoxy) is 1. The summed E-state index contributed by atoms with van der Waals surface area (Å²) in [4.78, 5) is 27.0. The van der Waals surface area contributed by atoms with E-state index in [4.69, 9.17) is 9.72 Å². The van der Waals surface area contributed by atoms with Crippen LogP contribution in [-0.2, 0) is 6.54 Å². The number of nitrogens with zero attached hydrogens (tertiary/aromatic N) is 5. The normalized spacial score (nSPS) is 14.8. The van der Waals surface area contributed by atoms with Crippen molar-refractivity contribution in [1.29, 1.82) is 0 Å². The fourth-order valence-electron chi connectivity index (χ4n) is 4.38. The molecule has 1 saturated heterocycles. The van der Waals surface area contributed by atoms with E-state index in [-0.39, 0.29) is 5.91 Å². The second kappa shape index (κ2) is 9.85. The number of hydrogen-bond donors (Lipinski definition) is 1. The average molecular weight is 471 g/mol. The molecule has 5 rings (SSSR count). The number of pyridine rings is 2. The van der Waals surface area contributed by atoms with Gasteiger partial charge in [-0.3, -0.25) is 9.69 Å². The number of rotatable bonds is 6. The highest BCUT2D eigenvalue weighted by molar-refractivity contribution is 6.04. The molecule has 0 bridgehead atoms. The SMILES string of the molecule is COc1cnc(C(=O)Nc2ccc(-c3cn4cccc(C)c4n3)cc2)c(CN2CCN(C)CC2)c1. The van der Waals surface area contributed by atoms with Gasteiger partial charge in [-0.25, -0.2) is 9.97 Å². The Morgan fingerprint density at radius 1 is 1.11 bits per heavy atom.